The van der Waals surface area contributed by atoms with E-state index in [1.165, 1.54) is 12.4 Å². The number of alkyl halides is 2. The van der Waals surface area contributed by atoms with Gasteiger partial charge in [-0.15, -0.1) is 0 Å². The van der Waals surface area contributed by atoms with Crippen LogP contribution in [0.25, 0.3) is 0 Å². The Balaban J connectivity index is 1.50. The van der Waals surface area contributed by atoms with Gasteiger partial charge in [-0.25, -0.2) is 4.98 Å². The molecule has 10 heteroatoms. The van der Waals surface area contributed by atoms with Crippen LogP contribution in [0, 0.1) is 0 Å². The van der Waals surface area contributed by atoms with Crippen LogP contribution in [0.1, 0.15) is 25.2 Å². The lowest BCUT2D eigenvalue weighted by atomic mass is 10.2. The van der Waals surface area contributed by atoms with Gasteiger partial charge in [-0.05, 0) is 12.8 Å². The van der Waals surface area contributed by atoms with Crippen molar-refractivity contribution in [1.82, 2.24) is 24.7 Å². The van der Waals surface area contributed by atoms with Gasteiger partial charge in [-0.1, -0.05) is 0 Å². The van der Waals surface area contributed by atoms with Crippen LogP contribution in [-0.2, 0) is 16.1 Å². The van der Waals surface area contributed by atoms with Gasteiger partial charge < -0.3 is 19.9 Å². The number of rotatable bonds is 4. The van der Waals surface area contributed by atoms with Crippen molar-refractivity contribution in [2.45, 2.75) is 32.0 Å². The quantitative estimate of drug-likeness (QED) is 0.623. The second kappa shape index (κ2) is 8.43. The number of amides is 1. The normalized spacial score (nSPS) is 21.5. The molecule has 2 aliphatic heterocycles. The molecule has 144 valence electrons. The van der Waals surface area contributed by atoms with Crippen LogP contribution in [0.3, 0.4) is 0 Å². The summed E-state index contributed by atoms with van der Waals surface area (Å²) in [5, 5.41) is 3.07. The van der Waals surface area contributed by atoms with Gasteiger partial charge in [0, 0.05) is 52.2 Å². The molecule has 0 bridgehead atoms. The molecule has 2 fully saturated rings. The second-order valence-corrected chi connectivity index (χ2v) is 6.24. The number of guanidine groups is 1. The summed E-state index contributed by atoms with van der Waals surface area (Å²) in [7, 11) is 1.64. The Hall–Kier alpha value is -2.23. The third kappa shape index (κ3) is 4.12. The van der Waals surface area contributed by atoms with E-state index >= 15 is 0 Å². The summed E-state index contributed by atoms with van der Waals surface area (Å²) in [5.41, 5.74) is 0. The average molecular weight is 370 g/mol. The Morgan fingerprint density at radius 2 is 2.12 bits per heavy atom. The fourth-order valence-corrected chi connectivity index (χ4v) is 3.26. The number of aliphatic imine (C=N–C) groups is 1. The molecule has 1 unspecified atom stereocenters. The van der Waals surface area contributed by atoms with E-state index in [-0.39, 0.29) is 24.4 Å². The van der Waals surface area contributed by atoms with Crippen LogP contribution in [0.15, 0.2) is 17.4 Å². The molecule has 1 aromatic rings. The zero-order valence-electron chi connectivity index (χ0n) is 14.8. The number of nitrogens with zero attached hydrogens (tertiary/aromatic N) is 5. The van der Waals surface area contributed by atoms with Gasteiger partial charge in [0.2, 0.25) is 0 Å². The lowest BCUT2D eigenvalue weighted by Crippen LogP contribution is -2.55. The number of carbonyl (C=O) groups is 1. The highest BCUT2D eigenvalue weighted by molar-refractivity contribution is 5.82. The van der Waals surface area contributed by atoms with Crippen molar-refractivity contribution in [2.24, 2.45) is 4.99 Å². The molecule has 1 aromatic heterocycles. The van der Waals surface area contributed by atoms with Crippen LogP contribution in [0.4, 0.5) is 8.78 Å². The summed E-state index contributed by atoms with van der Waals surface area (Å²) in [4.78, 5) is 24.4. The van der Waals surface area contributed by atoms with Crippen molar-refractivity contribution < 1.29 is 18.3 Å². The number of halogens is 2. The molecule has 0 radical (unpaired) electrons. The van der Waals surface area contributed by atoms with Crippen molar-refractivity contribution in [1.29, 1.82) is 0 Å². The summed E-state index contributed by atoms with van der Waals surface area (Å²) in [6.45, 7) is 0.614. The van der Waals surface area contributed by atoms with Crippen molar-refractivity contribution in [3.63, 3.8) is 0 Å². The van der Waals surface area contributed by atoms with Gasteiger partial charge in [0.1, 0.15) is 11.9 Å². The van der Waals surface area contributed by atoms with Gasteiger partial charge in [-0.2, -0.15) is 8.78 Å². The van der Waals surface area contributed by atoms with Crippen LogP contribution >= 0.6 is 0 Å². The molecule has 2 saturated heterocycles. The summed E-state index contributed by atoms with van der Waals surface area (Å²) >= 11 is 0. The number of nitrogens with one attached hydrogen (secondary N) is 1. The van der Waals surface area contributed by atoms with Crippen LogP contribution in [0.5, 0.6) is 0 Å². The van der Waals surface area contributed by atoms with Gasteiger partial charge in [0.25, 0.3) is 5.91 Å². The number of imidazole rings is 1. The van der Waals surface area contributed by atoms with Gasteiger partial charge in [0.15, 0.2) is 5.96 Å². The van der Waals surface area contributed by atoms with Gasteiger partial charge in [0.05, 0.1) is 6.54 Å². The number of aromatic nitrogens is 2. The van der Waals surface area contributed by atoms with Crippen LogP contribution in [0.2, 0.25) is 0 Å². The third-order valence-electron chi connectivity index (χ3n) is 4.67. The number of carbonyl (C=O) groups excluding carboxylic acids is 1. The minimum atomic E-state index is -2.62. The predicted molar refractivity (Wildman–Crippen MR) is 90.8 cm³/mol. The van der Waals surface area contributed by atoms with Gasteiger partial charge >= 0.3 is 6.55 Å². The third-order valence-corrected chi connectivity index (χ3v) is 4.67. The number of hydrogen-bond acceptors (Lipinski definition) is 4. The largest absolute Gasteiger partial charge is 0.368 e. The molecule has 0 aromatic carbocycles. The second-order valence-electron chi connectivity index (χ2n) is 6.24. The molecule has 8 nitrogen and oxygen atoms in total. The molecule has 26 heavy (non-hydrogen) atoms. The Bertz CT molecular complexity index is 636. The first kappa shape index (κ1) is 18.6. The molecule has 3 heterocycles. The SMILES string of the molecule is CN=C(NCc1nccn1C(F)F)N1CCN(C(=O)C2CCCO2)CC1. The van der Waals surface area contributed by atoms with Gasteiger partial charge in [-0.3, -0.25) is 14.4 Å². The van der Waals surface area contributed by atoms with Crippen LogP contribution in [-0.4, -0.2) is 77.2 Å². The Labute approximate surface area is 150 Å². The van der Waals surface area contributed by atoms with E-state index in [0.29, 0.717) is 38.7 Å². The summed E-state index contributed by atoms with van der Waals surface area (Å²) in [6.07, 6.45) is 4.02. The van der Waals surface area contributed by atoms with E-state index in [9.17, 15) is 13.6 Å². The highest BCUT2D eigenvalue weighted by atomic mass is 19.3. The summed E-state index contributed by atoms with van der Waals surface area (Å²) in [5.74, 6) is 0.912. The monoisotopic (exact) mass is 370 g/mol. The zero-order valence-corrected chi connectivity index (χ0v) is 14.8. The Kier molecular flexibility index (Phi) is 6.02. The maximum Gasteiger partial charge on any atom is 0.319 e. The zero-order chi connectivity index (χ0) is 18.5. The molecule has 0 aliphatic carbocycles. The minimum absolute atomic E-state index is 0.0593. The summed E-state index contributed by atoms with van der Waals surface area (Å²) < 4.78 is 32.0. The first-order valence-electron chi connectivity index (χ1n) is 8.76. The first-order chi connectivity index (χ1) is 12.6. The van der Waals surface area contributed by atoms with E-state index in [2.05, 4.69) is 15.3 Å². The first-order valence-corrected chi connectivity index (χ1v) is 8.76. The van der Waals surface area contributed by atoms with Crippen LogP contribution < -0.4 is 5.32 Å². The predicted octanol–water partition coefficient (Wildman–Crippen LogP) is 0.677. The maximum absolute atomic E-state index is 12.9. The lowest BCUT2D eigenvalue weighted by molar-refractivity contribution is -0.142. The van der Waals surface area contributed by atoms with E-state index in [1.807, 2.05) is 9.80 Å². The van der Waals surface area contributed by atoms with Crippen molar-refractivity contribution in [3.05, 3.63) is 18.2 Å². The average Bonchev–Trinajstić information content (AvgIpc) is 3.34. The molecule has 0 saturated carbocycles. The fourth-order valence-electron chi connectivity index (χ4n) is 3.26. The minimum Gasteiger partial charge on any atom is -0.368 e. The molecule has 1 amide bonds. The molecular formula is C16H24F2N6O2. The van der Waals surface area contributed by atoms with E-state index in [1.54, 1.807) is 7.05 Å². The van der Waals surface area contributed by atoms with E-state index in [4.69, 9.17) is 4.74 Å². The lowest BCUT2D eigenvalue weighted by Gasteiger charge is -2.37. The molecule has 0 spiro atoms. The Morgan fingerprint density at radius 1 is 1.38 bits per heavy atom. The molecule has 3 rings (SSSR count). The number of hydrogen-bond donors (Lipinski definition) is 1. The number of ether oxygens (including phenoxy) is 1. The highest BCUT2D eigenvalue weighted by Crippen LogP contribution is 2.16. The topological polar surface area (TPSA) is 75.0 Å². The smallest absolute Gasteiger partial charge is 0.319 e. The van der Waals surface area contributed by atoms with E-state index in [0.717, 1.165) is 17.4 Å². The number of piperazine rings is 1. The standard InChI is InChI=1S/C16H24F2N6O2/c1-19-16(21-11-13-20-4-5-24(13)15(17)18)23-8-6-22(7-9-23)14(25)12-3-2-10-26-12/h4-5,12,15H,2-3,6-11H2,1H3,(H,19,21). The maximum atomic E-state index is 12.9. The van der Waals surface area contributed by atoms with E-state index < -0.39 is 6.55 Å². The fraction of sp³-hybridized carbons (Fsp3) is 0.688. The molecule has 1 N–H and O–H groups in total. The van der Waals surface area contributed by atoms with Crippen molar-refractivity contribution in [3.8, 4) is 0 Å². The van der Waals surface area contributed by atoms with Crippen molar-refractivity contribution >= 4 is 11.9 Å². The van der Waals surface area contributed by atoms with Crippen molar-refractivity contribution in [2.75, 3.05) is 39.8 Å². The highest BCUT2D eigenvalue weighted by Gasteiger charge is 2.30. The summed E-state index contributed by atoms with van der Waals surface area (Å²) in [6, 6.07) is 0. The Morgan fingerprint density at radius 3 is 2.73 bits per heavy atom. The molecular weight excluding hydrogens is 346 g/mol. The molecule has 2 aliphatic rings. The molecule has 1 atom stereocenters.